The van der Waals surface area contributed by atoms with Crippen molar-refractivity contribution < 1.29 is 4.79 Å². The van der Waals surface area contributed by atoms with Crippen molar-refractivity contribution in [2.45, 2.75) is 45.6 Å². The Labute approximate surface area is 114 Å². The normalized spacial score (nSPS) is 15.6. The molecule has 0 unspecified atom stereocenters. The summed E-state index contributed by atoms with van der Waals surface area (Å²) in [5.74, 6) is 1.03. The number of rotatable bonds is 8. The lowest BCUT2D eigenvalue weighted by atomic mass is 10.1. The molecule has 0 aliphatic heterocycles. The highest BCUT2D eigenvalue weighted by molar-refractivity contribution is 7.12. The van der Waals surface area contributed by atoms with E-state index < -0.39 is 0 Å². The Morgan fingerprint density at radius 1 is 1.50 bits per heavy atom. The Morgan fingerprint density at radius 2 is 2.28 bits per heavy atom. The van der Waals surface area contributed by atoms with Crippen LogP contribution in [-0.4, -0.2) is 29.8 Å². The summed E-state index contributed by atoms with van der Waals surface area (Å²) in [7, 11) is 0. The number of carbonyl (C=O) groups is 1. The van der Waals surface area contributed by atoms with E-state index in [0.29, 0.717) is 12.2 Å². The number of Topliss-reactive ketones (excluding diaryl/α,β-unsaturated/α-hetero) is 1. The minimum Gasteiger partial charge on any atom is -0.300 e. The molecule has 18 heavy (non-hydrogen) atoms. The number of ketones is 1. The second kappa shape index (κ2) is 6.48. The Bertz CT molecular complexity index is 368. The van der Waals surface area contributed by atoms with Gasteiger partial charge in [-0.1, -0.05) is 19.9 Å². The zero-order valence-corrected chi connectivity index (χ0v) is 12.2. The van der Waals surface area contributed by atoms with E-state index in [0.717, 1.165) is 29.8 Å². The molecular weight excluding hydrogens is 242 g/mol. The van der Waals surface area contributed by atoms with Gasteiger partial charge in [0.15, 0.2) is 5.78 Å². The number of carbonyl (C=O) groups excluding carboxylic acids is 1. The standard InChI is InChI=1S/C15H23NOS/c1-12(2)11-16(13-7-8-13)9-3-5-14(17)15-6-4-10-18-15/h4,6,10,12-13H,3,5,7-9,11H2,1-2H3. The van der Waals surface area contributed by atoms with Gasteiger partial charge in [-0.15, -0.1) is 11.3 Å². The van der Waals surface area contributed by atoms with E-state index in [-0.39, 0.29) is 0 Å². The molecule has 0 radical (unpaired) electrons. The van der Waals surface area contributed by atoms with Gasteiger partial charge in [-0.25, -0.2) is 0 Å². The summed E-state index contributed by atoms with van der Waals surface area (Å²) in [6.45, 7) is 6.80. The van der Waals surface area contributed by atoms with E-state index in [2.05, 4.69) is 18.7 Å². The first-order valence-corrected chi connectivity index (χ1v) is 7.85. The van der Waals surface area contributed by atoms with Gasteiger partial charge in [-0.2, -0.15) is 0 Å². The quantitative estimate of drug-likeness (QED) is 0.666. The van der Waals surface area contributed by atoms with Gasteiger partial charge in [0, 0.05) is 19.0 Å². The van der Waals surface area contributed by atoms with Crippen molar-refractivity contribution in [1.82, 2.24) is 4.90 Å². The fourth-order valence-electron chi connectivity index (χ4n) is 2.33. The van der Waals surface area contributed by atoms with E-state index in [1.165, 1.54) is 19.4 Å². The molecule has 1 aliphatic carbocycles. The van der Waals surface area contributed by atoms with Gasteiger partial charge in [0.1, 0.15) is 0 Å². The van der Waals surface area contributed by atoms with Crippen molar-refractivity contribution in [2.75, 3.05) is 13.1 Å². The molecule has 3 heteroatoms. The molecule has 1 fully saturated rings. The van der Waals surface area contributed by atoms with Crippen LogP contribution in [0, 0.1) is 5.92 Å². The predicted molar refractivity (Wildman–Crippen MR) is 77.3 cm³/mol. The van der Waals surface area contributed by atoms with Crippen LogP contribution in [0.4, 0.5) is 0 Å². The minimum atomic E-state index is 0.310. The van der Waals surface area contributed by atoms with Gasteiger partial charge >= 0.3 is 0 Å². The second-order valence-corrected chi connectivity index (χ2v) is 6.57. The maximum Gasteiger partial charge on any atom is 0.172 e. The summed E-state index contributed by atoms with van der Waals surface area (Å²) >= 11 is 1.56. The average Bonchev–Trinajstić information content (AvgIpc) is 3.02. The molecule has 0 amide bonds. The van der Waals surface area contributed by atoms with E-state index >= 15 is 0 Å². The van der Waals surface area contributed by atoms with Gasteiger partial charge in [-0.05, 0) is 43.2 Å². The molecule has 1 saturated carbocycles. The fraction of sp³-hybridized carbons (Fsp3) is 0.667. The Hall–Kier alpha value is -0.670. The molecule has 0 spiro atoms. The lowest BCUT2D eigenvalue weighted by molar-refractivity contribution is 0.0977. The first-order chi connectivity index (χ1) is 8.66. The van der Waals surface area contributed by atoms with E-state index in [4.69, 9.17) is 0 Å². The number of hydrogen-bond acceptors (Lipinski definition) is 3. The van der Waals surface area contributed by atoms with Crippen LogP contribution in [-0.2, 0) is 0 Å². The Morgan fingerprint density at radius 3 is 2.83 bits per heavy atom. The highest BCUT2D eigenvalue weighted by Crippen LogP contribution is 2.27. The minimum absolute atomic E-state index is 0.310. The summed E-state index contributed by atoms with van der Waals surface area (Å²) in [4.78, 5) is 15.4. The van der Waals surface area contributed by atoms with Crippen LogP contribution < -0.4 is 0 Å². The summed E-state index contributed by atoms with van der Waals surface area (Å²) < 4.78 is 0. The van der Waals surface area contributed by atoms with Gasteiger partial charge in [0.05, 0.1) is 4.88 Å². The fourth-order valence-corrected chi connectivity index (χ4v) is 3.03. The van der Waals surface area contributed by atoms with Crippen molar-refractivity contribution in [3.05, 3.63) is 22.4 Å². The topological polar surface area (TPSA) is 20.3 Å². The third kappa shape index (κ3) is 4.21. The molecule has 0 N–H and O–H groups in total. The molecule has 1 aromatic heterocycles. The zero-order valence-electron chi connectivity index (χ0n) is 11.4. The smallest absolute Gasteiger partial charge is 0.172 e. The maximum absolute atomic E-state index is 11.9. The number of thiophene rings is 1. The van der Waals surface area contributed by atoms with Gasteiger partial charge in [0.2, 0.25) is 0 Å². The van der Waals surface area contributed by atoms with Crippen LogP contribution in [0.1, 0.15) is 49.2 Å². The number of hydrogen-bond donors (Lipinski definition) is 0. The lowest BCUT2D eigenvalue weighted by Crippen LogP contribution is -2.31. The first kappa shape index (κ1) is 13.8. The van der Waals surface area contributed by atoms with Crippen LogP contribution in [0.15, 0.2) is 17.5 Å². The van der Waals surface area contributed by atoms with Crippen LogP contribution >= 0.6 is 11.3 Å². The lowest BCUT2D eigenvalue weighted by Gasteiger charge is -2.23. The zero-order chi connectivity index (χ0) is 13.0. The molecule has 0 aromatic carbocycles. The van der Waals surface area contributed by atoms with Gasteiger partial charge < -0.3 is 4.90 Å². The van der Waals surface area contributed by atoms with Crippen molar-refractivity contribution in [2.24, 2.45) is 5.92 Å². The monoisotopic (exact) mass is 265 g/mol. The molecule has 0 bridgehead atoms. The average molecular weight is 265 g/mol. The van der Waals surface area contributed by atoms with E-state index in [1.54, 1.807) is 11.3 Å². The molecule has 1 aromatic rings. The summed E-state index contributed by atoms with van der Waals surface area (Å²) in [6.07, 6.45) is 4.40. The van der Waals surface area contributed by atoms with Crippen molar-refractivity contribution in [1.29, 1.82) is 0 Å². The molecule has 0 atom stereocenters. The molecule has 1 aliphatic rings. The van der Waals surface area contributed by atoms with Crippen LogP contribution in [0.3, 0.4) is 0 Å². The largest absolute Gasteiger partial charge is 0.300 e. The second-order valence-electron chi connectivity index (χ2n) is 5.62. The highest BCUT2D eigenvalue weighted by Gasteiger charge is 2.28. The van der Waals surface area contributed by atoms with Crippen LogP contribution in [0.2, 0.25) is 0 Å². The van der Waals surface area contributed by atoms with Gasteiger partial charge in [-0.3, -0.25) is 4.79 Å². The van der Waals surface area contributed by atoms with Crippen molar-refractivity contribution >= 4 is 17.1 Å². The summed E-state index contributed by atoms with van der Waals surface area (Å²) in [5, 5.41) is 1.97. The maximum atomic E-state index is 11.9. The molecule has 0 saturated heterocycles. The van der Waals surface area contributed by atoms with E-state index in [1.807, 2.05) is 17.5 Å². The summed E-state index contributed by atoms with van der Waals surface area (Å²) in [6, 6.07) is 4.69. The molecule has 1 heterocycles. The first-order valence-electron chi connectivity index (χ1n) is 6.97. The van der Waals surface area contributed by atoms with E-state index in [9.17, 15) is 4.79 Å². The molecule has 100 valence electrons. The van der Waals surface area contributed by atoms with Crippen LogP contribution in [0.5, 0.6) is 0 Å². The molecule has 2 rings (SSSR count). The summed E-state index contributed by atoms with van der Waals surface area (Å²) in [5.41, 5.74) is 0. The molecular formula is C15H23NOS. The molecule has 2 nitrogen and oxygen atoms in total. The van der Waals surface area contributed by atoms with Gasteiger partial charge in [0.25, 0.3) is 0 Å². The van der Waals surface area contributed by atoms with Crippen molar-refractivity contribution in [3.63, 3.8) is 0 Å². The predicted octanol–water partition coefficient (Wildman–Crippen LogP) is 3.83. The highest BCUT2D eigenvalue weighted by atomic mass is 32.1. The Balaban J connectivity index is 1.71. The van der Waals surface area contributed by atoms with Crippen molar-refractivity contribution in [3.8, 4) is 0 Å². The number of nitrogens with zero attached hydrogens (tertiary/aromatic N) is 1. The Kier molecular flexibility index (Phi) is 4.95. The third-order valence-corrected chi connectivity index (χ3v) is 4.22. The third-order valence-electron chi connectivity index (χ3n) is 3.31. The SMILES string of the molecule is CC(C)CN(CCCC(=O)c1cccs1)C1CC1. The van der Waals surface area contributed by atoms with Crippen LogP contribution in [0.25, 0.3) is 0 Å².